The van der Waals surface area contributed by atoms with E-state index in [0.717, 1.165) is 0 Å². The van der Waals surface area contributed by atoms with Crippen LogP contribution >= 0.6 is 0 Å². The topological polar surface area (TPSA) is 71.1 Å². The summed E-state index contributed by atoms with van der Waals surface area (Å²) in [6.07, 6.45) is 0.0447. The number of methoxy groups -OCH3 is 2. The van der Waals surface area contributed by atoms with Crippen LogP contribution < -0.4 is 14.2 Å². The summed E-state index contributed by atoms with van der Waals surface area (Å²) < 4.78 is 20.9. The second kappa shape index (κ2) is 8.89. The zero-order valence-electron chi connectivity index (χ0n) is 15.3. The molecule has 0 bridgehead atoms. The number of carbonyl (C=O) groups excluding carboxylic acids is 2. The molecule has 2 aromatic rings. The average molecular weight is 358 g/mol. The smallest absolute Gasteiger partial charge is 0.338 e. The highest BCUT2D eigenvalue weighted by Crippen LogP contribution is 2.24. The van der Waals surface area contributed by atoms with Gasteiger partial charge in [-0.2, -0.15) is 0 Å². The molecule has 0 spiro atoms. The van der Waals surface area contributed by atoms with Gasteiger partial charge in [-0.25, -0.2) is 4.79 Å². The molecule has 0 aromatic heterocycles. The lowest BCUT2D eigenvalue weighted by molar-refractivity contribution is 0.0474. The largest absolute Gasteiger partial charge is 0.497 e. The molecule has 2 aromatic carbocycles. The number of Topliss-reactive ketones (excluding diaryl/α,β-unsaturated/α-hetero) is 1. The summed E-state index contributed by atoms with van der Waals surface area (Å²) >= 11 is 0. The highest BCUT2D eigenvalue weighted by atomic mass is 16.5. The molecule has 0 N–H and O–H groups in total. The summed E-state index contributed by atoms with van der Waals surface area (Å²) in [6, 6.07) is 11.4. The molecule has 0 aliphatic carbocycles. The standard InChI is InChI=1S/C20H22O6/c1-13(2)26-15-7-5-14(6-8-15)20(22)25-12-18(21)17-11-16(23-3)9-10-19(17)24-4/h5-11,13H,12H2,1-4H3. The van der Waals surface area contributed by atoms with Gasteiger partial charge >= 0.3 is 5.97 Å². The van der Waals surface area contributed by atoms with Gasteiger partial charge in [0.1, 0.15) is 17.2 Å². The number of carbonyl (C=O) groups is 2. The first-order valence-corrected chi connectivity index (χ1v) is 8.13. The van der Waals surface area contributed by atoms with Crippen molar-refractivity contribution in [3.8, 4) is 17.2 Å². The number of benzene rings is 2. The van der Waals surface area contributed by atoms with Crippen LogP contribution in [0.3, 0.4) is 0 Å². The van der Waals surface area contributed by atoms with Gasteiger partial charge in [0, 0.05) is 0 Å². The lowest BCUT2D eigenvalue weighted by Crippen LogP contribution is -2.15. The Morgan fingerprint density at radius 2 is 1.58 bits per heavy atom. The third-order valence-electron chi connectivity index (χ3n) is 3.50. The molecule has 0 saturated carbocycles. The third kappa shape index (κ3) is 4.99. The minimum absolute atomic E-state index is 0.0447. The molecule has 6 nitrogen and oxygen atoms in total. The molecule has 26 heavy (non-hydrogen) atoms. The van der Waals surface area contributed by atoms with E-state index < -0.39 is 12.6 Å². The van der Waals surface area contributed by atoms with Crippen molar-refractivity contribution in [3.05, 3.63) is 53.6 Å². The number of ether oxygens (including phenoxy) is 4. The van der Waals surface area contributed by atoms with Crippen LogP contribution in [0, 0.1) is 0 Å². The van der Waals surface area contributed by atoms with Crippen molar-refractivity contribution >= 4 is 11.8 Å². The van der Waals surface area contributed by atoms with Gasteiger partial charge in [-0.15, -0.1) is 0 Å². The zero-order chi connectivity index (χ0) is 19.1. The second-order valence-corrected chi connectivity index (χ2v) is 5.76. The minimum Gasteiger partial charge on any atom is -0.497 e. The van der Waals surface area contributed by atoms with Crippen LogP contribution in [0.1, 0.15) is 34.6 Å². The zero-order valence-corrected chi connectivity index (χ0v) is 15.3. The quantitative estimate of drug-likeness (QED) is 0.531. The van der Waals surface area contributed by atoms with Crippen LogP contribution in [0.2, 0.25) is 0 Å². The molecule has 0 aliphatic rings. The Balaban J connectivity index is 2.01. The molecule has 0 fully saturated rings. The molecule has 0 amide bonds. The molecule has 0 unspecified atom stereocenters. The highest BCUT2D eigenvalue weighted by molar-refractivity contribution is 6.01. The van der Waals surface area contributed by atoms with E-state index in [2.05, 4.69) is 0 Å². The monoisotopic (exact) mass is 358 g/mol. The summed E-state index contributed by atoms with van der Waals surface area (Å²) in [5, 5.41) is 0. The molecule has 2 rings (SSSR count). The summed E-state index contributed by atoms with van der Waals surface area (Å²) in [4.78, 5) is 24.5. The molecule has 0 aliphatic heterocycles. The predicted molar refractivity (Wildman–Crippen MR) is 96.4 cm³/mol. The van der Waals surface area contributed by atoms with Crippen molar-refractivity contribution in [2.75, 3.05) is 20.8 Å². The minimum atomic E-state index is -0.587. The van der Waals surface area contributed by atoms with Crippen LogP contribution in [0.25, 0.3) is 0 Å². The fourth-order valence-electron chi connectivity index (χ4n) is 2.27. The van der Waals surface area contributed by atoms with Gasteiger partial charge in [0.25, 0.3) is 0 Å². The first-order chi connectivity index (χ1) is 12.4. The van der Waals surface area contributed by atoms with Crippen LogP contribution in [0.15, 0.2) is 42.5 Å². The molecule has 0 heterocycles. The number of hydrogen-bond donors (Lipinski definition) is 0. The van der Waals surface area contributed by atoms with Crippen LogP contribution in [-0.2, 0) is 4.74 Å². The maximum Gasteiger partial charge on any atom is 0.338 e. The van der Waals surface area contributed by atoms with Crippen molar-refractivity contribution in [2.24, 2.45) is 0 Å². The van der Waals surface area contributed by atoms with Crippen molar-refractivity contribution in [1.82, 2.24) is 0 Å². The first-order valence-electron chi connectivity index (χ1n) is 8.13. The summed E-state index contributed by atoms with van der Waals surface area (Å²) in [5.74, 6) is 0.599. The Labute approximate surface area is 152 Å². The molecular formula is C20H22O6. The van der Waals surface area contributed by atoms with Gasteiger partial charge < -0.3 is 18.9 Å². The highest BCUT2D eigenvalue weighted by Gasteiger charge is 2.16. The van der Waals surface area contributed by atoms with E-state index in [1.54, 1.807) is 42.5 Å². The van der Waals surface area contributed by atoms with Gasteiger partial charge in [0.2, 0.25) is 5.78 Å². The van der Waals surface area contributed by atoms with E-state index in [1.807, 2.05) is 13.8 Å². The molecule has 6 heteroatoms. The second-order valence-electron chi connectivity index (χ2n) is 5.76. The number of rotatable bonds is 8. The van der Waals surface area contributed by atoms with Gasteiger partial charge in [0.05, 0.1) is 31.5 Å². The first kappa shape index (κ1) is 19.3. The van der Waals surface area contributed by atoms with E-state index >= 15 is 0 Å². The van der Waals surface area contributed by atoms with Gasteiger partial charge in [-0.3, -0.25) is 4.79 Å². The van der Waals surface area contributed by atoms with Crippen LogP contribution in [0.4, 0.5) is 0 Å². The SMILES string of the molecule is COc1ccc(OC)c(C(=O)COC(=O)c2ccc(OC(C)C)cc2)c1. The van der Waals surface area contributed by atoms with Crippen molar-refractivity contribution in [2.45, 2.75) is 20.0 Å². The molecule has 0 atom stereocenters. The predicted octanol–water partition coefficient (Wildman–Crippen LogP) is 3.53. The number of esters is 1. The normalized spacial score (nSPS) is 10.3. The van der Waals surface area contributed by atoms with E-state index in [-0.39, 0.29) is 11.9 Å². The van der Waals surface area contributed by atoms with E-state index in [9.17, 15) is 9.59 Å². The molecule has 138 valence electrons. The average Bonchev–Trinajstić information content (AvgIpc) is 2.65. The Kier molecular flexibility index (Phi) is 6.60. The van der Waals surface area contributed by atoms with Crippen molar-refractivity contribution < 1.29 is 28.5 Å². The Morgan fingerprint density at radius 1 is 0.923 bits per heavy atom. The van der Waals surface area contributed by atoms with Gasteiger partial charge in [-0.05, 0) is 56.3 Å². The van der Waals surface area contributed by atoms with Crippen molar-refractivity contribution in [3.63, 3.8) is 0 Å². The fourth-order valence-corrected chi connectivity index (χ4v) is 2.27. The molecule has 0 saturated heterocycles. The summed E-state index contributed by atoms with van der Waals surface area (Å²) in [5.41, 5.74) is 0.631. The molecular weight excluding hydrogens is 336 g/mol. The lowest BCUT2D eigenvalue weighted by atomic mass is 10.1. The summed E-state index contributed by atoms with van der Waals surface area (Å²) in [7, 11) is 2.97. The van der Waals surface area contributed by atoms with E-state index in [1.165, 1.54) is 14.2 Å². The fraction of sp³-hybridized carbons (Fsp3) is 0.300. The van der Waals surface area contributed by atoms with Crippen LogP contribution in [0.5, 0.6) is 17.2 Å². The van der Waals surface area contributed by atoms with E-state index in [0.29, 0.717) is 28.4 Å². The van der Waals surface area contributed by atoms with Gasteiger partial charge in [0.15, 0.2) is 6.61 Å². The number of hydrogen-bond acceptors (Lipinski definition) is 6. The Morgan fingerprint density at radius 3 is 2.15 bits per heavy atom. The van der Waals surface area contributed by atoms with Gasteiger partial charge in [-0.1, -0.05) is 0 Å². The Hall–Kier alpha value is -3.02. The lowest BCUT2D eigenvalue weighted by Gasteiger charge is -2.11. The van der Waals surface area contributed by atoms with Crippen molar-refractivity contribution in [1.29, 1.82) is 0 Å². The van der Waals surface area contributed by atoms with Crippen LogP contribution in [-0.4, -0.2) is 38.7 Å². The molecule has 0 radical (unpaired) electrons. The maximum absolute atomic E-state index is 12.4. The van der Waals surface area contributed by atoms with E-state index in [4.69, 9.17) is 18.9 Å². The number of ketones is 1. The summed E-state index contributed by atoms with van der Waals surface area (Å²) in [6.45, 7) is 3.44. The maximum atomic E-state index is 12.4. The Bertz CT molecular complexity index is 764. The third-order valence-corrected chi connectivity index (χ3v) is 3.50.